The molecule has 4 amide bonds. The summed E-state index contributed by atoms with van der Waals surface area (Å²) in [5, 5.41) is 11.0. The number of rotatable bonds is 2. The Kier molecular flexibility index (Phi) is 4.69. The Morgan fingerprint density at radius 2 is 1.73 bits per heavy atom. The van der Waals surface area contributed by atoms with Crippen LogP contribution >= 0.6 is 23.2 Å². The summed E-state index contributed by atoms with van der Waals surface area (Å²) in [5.74, 6) is -4.93. The molecular weight excluding hydrogens is 471 g/mol. The molecule has 1 N–H and O–H groups in total. The fourth-order valence-corrected chi connectivity index (χ4v) is 7.20. The molecule has 1 saturated carbocycles. The number of hydrogen-bond donors (Lipinski definition) is 1. The molecule has 0 bridgehead atoms. The number of aromatic hydroxyl groups is 1. The van der Waals surface area contributed by atoms with Crippen molar-refractivity contribution in [2.24, 2.45) is 17.8 Å². The molecule has 0 radical (unpaired) electrons. The highest BCUT2D eigenvalue weighted by Gasteiger charge is 2.76. The number of methoxy groups -OCH3 is 1. The summed E-state index contributed by atoms with van der Waals surface area (Å²) < 4.78 is 5.25. The summed E-state index contributed by atoms with van der Waals surface area (Å²) >= 11 is 14.0. The number of halogens is 2. The van der Waals surface area contributed by atoms with E-state index in [0.717, 1.165) is 9.80 Å². The quantitative estimate of drug-likeness (QED) is 0.384. The first-order valence-corrected chi connectivity index (χ1v) is 11.3. The SMILES string of the molecule is COc1cccc([C@H]2C3=CC[C@@H]4C(=O)N(C)C(=O)[C@@H]4[C@@H]3C[C@@]3(Cl)C(=O)N(C)C(=O)[C@@]23Cl)c1O. The number of hydrogen-bond acceptors (Lipinski definition) is 6. The zero-order valence-corrected chi connectivity index (χ0v) is 19.7. The van der Waals surface area contributed by atoms with Gasteiger partial charge in [0.2, 0.25) is 11.8 Å². The highest BCUT2D eigenvalue weighted by molar-refractivity contribution is 6.53. The second kappa shape index (κ2) is 6.96. The lowest BCUT2D eigenvalue weighted by molar-refractivity contribution is -0.140. The van der Waals surface area contributed by atoms with Crippen LogP contribution in [0.2, 0.25) is 0 Å². The molecule has 2 saturated heterocycles. The van der Waals surface area contributed by atoms with E-state index in [1.807, 2.05) is 6.08 Å². The number of phenols is 1. The van der Waals surface area contributed by atoms with Gasteiger partial charge in [0.15, 0.2) is 21.2 Å². The zero-order valence-electron chi connectivity index (χ0n) is 18.2. The smallest absolute Gasteiger partial charge is 0.253 e. The van der Waals surface area contributed by atoms with Crippen LogP contribution in [0.1, 0.15) is 24.3 Å². The molecule has 0 aromatic heterocycles. The summed E-state index contributed by atoms with van der Waals surface area (Å²) in [5.41, 5.74) is 0.893. The standard InChI is InChI=1S/C23H22Cl2N2O6/c1-26-18(29)11-8-7-10-13(15(11)19(26)30)9-22(24)20(31)27(2)21(32)23(22,25)16(10)12-5-4-6-14(33-3)17(12)28/h4-7,11,13,15-16,28H,8-9H2,1-3H3/t11-,13+,15-,16+,22+,23-/m0/s1. The summed E-state index contributed by atoms with van der Waals surface area (Å²) in [4.78, 5) is 50.7. The molecule has 1 aromatic rings. The number of carbonyl (C=O) groups excluding carboxylic acids is 4. The monoisotopic (exact) mass is 492 g/mol. The second-order valence-electron chi connectivity index (χ2n) is 9.13. The highest BCUT2D eigenvalue weighted by atomic mass is 35.5. The summed E-state index contributed by atoms with van der Waals surface area (Å²) in [6, 6.07) is 4.80. The third-order valence-electron chi connectivity index (χ3n) is 7.80. The lowest BCUT2D eigenvalue weighted by Gasteiger charge is -2.50. The van der Waals surface area contributed by atoms with Gasteiger partial charge in [-0.1, -0.05) is 23.8 Å². The molecule has 0 unspecified atom stereocenters. The van der Waals surface area contributed by atoms with Crippen molar-refractivity contribution in [1.29, 1.82) is 0 Å². The van der Waals surface area contributed by atoms with Gasteiger partial charge in [0, 0.05) is 25.6 Å². The third-order valence-corrected chi connectivity index (χ3v) is 9.21. The maximum absolute atomic E-state index is 13.4. The van der Waals surface area contributed by atoms with Gasteiger partial charge in [-0.05, 0) is 24.8 Å². The van der Waals surface area contributed by atoms with Gasteiger partial charge in [0.05, 0.1) is 18.9 Å². The van der Waals surface area contributed by atoms with E-state index in [-0.39, 0.29) is 41.7 Å². The number of benzene rings is 1. The number of para-hydroxylation sites is 1. The van der Waals surface area contributed by atoms with Crippen LogP contribution < -0.4 is 4.74 Å². The van der Waals surface area contributed by atoms with Crippen LogP contribution in [0, 0.1) is 17.8 Å². The van der Waals surface area contributed by atoms with E-state index in [4.69, 9.17) is 27.9 Å². The lowest BCUT2D eigenvalue weighted by atomic mass is 9.56. The molecule has 2 aliphatic heterocycles. The van der Waals surface area contributed by atoms with Gasteiger partial charge in [-0.25, -0.2) is 0 Å². The van der Waals surface area contributed by atoms with Gasteiger partial charge in [0.1, 0.15) is 0 Å². The number of likely N-dealkylation sites (tertiary alicyclic amines) is 2. The van der Waals surface area contributed by atoms with Crippen LogP contribution in [0.15, 0.2) is 29.8 Å². The average Bonchev–Trinajstić information content (AvgIpc) is 3.09. The minimum Gasteiger partial charge on any atom is -0.504 e. The Balaban J connectivity index is 1.78. The molecule has 1 aromatic carbocycles. The van der Waals surface area contributed by atoms with Gasteiger partial charge in [-0.2, -0.15) is 0 Å². The first-order chi connectivity index (χ1) is 15.5. The Morgan fingerprint density at radius 1 is 1.03 bits per heavy atom. The van der Waals surface area contributed by atoms with Crippen molar-refractivity contribution in [3.05, 3.63) is 35.4 Å². The van der Waals surface area contributed by atoms with Crippen molar-refractivity contribution < 1.29 is 29.0 Å². The third kappa shape index (κ3) is 2.48. The van der Waals surface area contributed by atoms with Crippen LogP contribution in [0.5, 0.6) is 11.5 Å². The maximum Gasteiger partial charge on any atom is 0.253 e. The van der Waals surface area contributed by atoms with Gasteiger partial charge >= 0.3 is 0 Å². The number of imide groups is 2. The Bertz CT molecular complexity index is 1170. The predicted molar refractivity (Wildman–Crippen MR) is 118 cm³/mol. The van der Waals surface area contributed by atoms with E-state index >= 15 is 0 Å². The topological polar surface area (TPSA) is 104 Å². The zero-order chi connectivity index (χ0) is 24.0. The molecule has 6 atom stereocenters. The largest absolute Gasteiger partial charge is 0.504 e. The van der Waals surface area contributed by atoms with Crippen molar-refractivity contribution in [3.8, 4) is 11.5 Å². The number of carbonyl (C=O) groups is 4. The van der Waals surface area contributed by atoms with Crippen LogP contribution in [-0.2, 0) is 19.2 Å². The molecule has 2 aliphatic carbocycles. The Hall–Kier alpha value is -2.58. The van der Waals surface area contributed by atoms with Crippen molar-refractivity contribution in [2.45, 2.75) is 28.5 Å². The number of allylic oxidation sites excluding steroid dienone is 2. The van der Waals surface area contributed by atoms with Gasteiger partial charge in [0.25, 0.3) is 11.8 Å². The number of amides is 4. The minimum atomic E-state index is -1.93. The van der Waals surface area contributed by atoms with Crippen molar-refractivity contribution in [2.75, 3.05) is 21.2 Å². The van der Waals surface area contributed by atoms with Gasteiger partial charge < -0.3 is 9.84 Å². The molecule has 0 spiro atoms. The van der Waals surface area contributed by atoms with Crippen LogP contribution in [0.4, 0.5) is 0 Å². The number of nitrogens with zero attached hydrogens (tertiary/aromatic N) is 2. The van der Waals surface area contributed by atoms with Crippen LogP contribution in [-0.4, -0.2) is 69.5 Å². The van der Waals surface area contributed by atoms with Crippen molar-refractivity contribution in [3.63, 3.8) is 0 Å². The molecule has 5 rings (SSSR count). The summed E-state index contributed by atoms with van der Waals surface area (Å²) in [6.07, 6.45) is 2.03. The number of fused-ring (bicyclic) bond motifs is 4. The minimum absolute atomic E-state index is 0.0753. The lowest BCUT2D eigenvalue weighted by Crippen LogP contribution is -2.60. The fourth-order valence-electron chi connectivity index (χ4n) is 6.18. The van der Waals surface area contributed by atoms with E-state index in [9.17, 15) is 24.3 Å². The average molecular weight is 493 g/mol. The molecule has 3 fully saturated rings. The predicted octanol–water partition coefficient (Wildman–Crippen LogP) is 2.02. The molecule has 33 heavy (non-hydrogen) atoms. The maximum atomic E-state index is 13.4. The first kappa shape index (κ1) is 22.2. The van der Waals surface area contributed by atoms with Gasteiger partial charge in [-0.15, -0.1) is 23.2 Å². The van der Waals surface area contributed by atoms with E-state index < -0.39 is 45.2 Å². The molecule has 10 heteroatoms. The highest BCUT2D eigenvalue weighted by Crippen LogP contribution is 2.66. The Labute approximate surface area is 200 Å². The summed E-state index contributed by atoms with van der Waals surface area (Å²) in [6.45, 7) is 0. The van der Waals surface area contributed by atoms with Crippen LogP contribution in [0.3, 0.4) is 0 Å². The number of alkyl halides is 2. The molecule has 2 heterocycles. The van der Waals surface area contributed by atoms with E-state index in [1.165, 1.54) is 21.2 Å². The summed E-state index contributed by atoms with van der Waals surface area (Å²) in [7, 11) is 4.15. The first-order valence-electron chi connectivity index (χ1n) is 10.6. The molecule has 8 nitrogen and oxygen atoms in total. The van der Waals surface area contributed by atoms with Crippen LogP contribution in [0.25, 0.3) is 0 Å². The molecule has 174 valence electrons. The normalized spacial score (nSPS) is 37.7. The number of ether oxygens (including phenoxy) is 1. The van der Waals surface area contributed by atoms with Crippen molar-refractivity contribution >= 4 is 46.8 Å². The van der Waals surface area contributed by atoms with Gasteiger partial charge in [-0.3, -0.25) is 29.0 Å². The molecular formula is C23H22Cl2N2O6. The number of phenolic OH excluding ortho intramolecular Hbond substituents is 1. The van der Waals surface area contributed by atoms with E-state index in [2.05, 4.69) is 0 Å². The van der Waals surface area contributed by atoms with E-state index in [1.54, 1.807) is 18.2 Å². The van der Waals surface area contributed by atoms with Crippen molar-refractivity contribution in [1.82, 2.24) is 9.80 Å². The second-order valence-corrected chi connectivity index (χ2v) is 10.4. The molecule has 4 aliphatic rings. The van der Waals surface area contributed by atoms with E-state index in [0.29, 0.717) is 5.57 Å². The Morgan fingerprint density at radius 3 is 2.39 bits per heavy atom. The fraction of sp³-hybridized carbons (Fsp3) is 0.478.